The summed E-state index contributed by atoms with van der Waals surface area (Å²) in [4.78, 5) is 2.91. The van der Waals surface area contributed by atoms with Crippen molar-refractivity contribution in [2.24, 2.45) is 0 Å². The molecule has 1 aromatic carbocycles. The van der Waals surface area contributed by atoms with Crippen LogP contribution in [-0.4, -0.2) is 7.05 Å². The molecule has 0 bridgehead atoms. The molecule has 1 N–H and O–H groups in total. The van der Waals surface area contributed by atoms with Crippen molar-refractivity contribution in [3.63, 3.8) is 0 Å². The van der Waals surface area contributed by atoms with Crippen molar-refractivity contribution in [3.8, 4) is 0 Å². The second kappa shape index (κ2) is 6.69. The molecule has 1 aromatic heterocycles. The first-order valence-corrected chi connectivity index (χ1v) is 8.26. The summed E-state index contributed by atoms with van der Waals surface area (Å²) in [5, 5.41) is 3.43. The van der Waals surface area contributed by atoms with Crippen LogP contribution in [0.2, 0.25) is 0 Å². The minimum atomic E-state index is 0.360. The van der Waals surface area contributed by atoms with Gasteiger partial charge in [-0.3, -0.25) is 0 Å². The van der Waals surface area contributed by atoms with Crippen LogP contribution in [0.4, 0.5) is 0 Å². The highest BCUT2D eigenvalue weighted by atomic mass is 79.9. The fourth-order valence-corrected chi connectivity index (χ4v) is 3.98. The van der Waals surface area contributed by atoms with E-state index in [0.717, 1.165) is 12.8 Å². The molecule has 0 fully saturated rings. The molecule has 2 aromatic rings. The predicted molar refractivity (Wildman–Crippen MR) is 88.1 cm³/mol. The number of hydrogen-bond acceptors (Lipinski definition) is 2. The summed E-state index contributed by atoms with van der Waals surface area (Å²) in [7, 11) is 2.03. The highest BCUT2D eigenvalue weighted by molar-refractivity contribution is 9.10. The zero-order valence-electron chi connectivity index (χ0n) is 11.7. The molecule has 0 radical (unpaired) electrons. The standard InChI is InChI=1S/C16H20BrNS/c1-4-12-6-7-13(19-12)10-16(18-3)14-8-5-11(2)9-15(14)17/h5-9,16,18H,4,10H2,1-3H3. The van der Waals surface area contributed by atoms with Crippen LogP contribution in [0, 0.1) is 6.92 Å². The second-order valence-corrected chi connectivity index (χ2v) is 6.90. The van der Waals surface area contributed by atoms with E-state index in [1.165, 1.54) is 25.4 Å². The maximum absolute atomic E-state index is 3.68. The average Bonchev–Trinajstić information content (AvgIpc) is 2.84. The molecular formula is C16H20BrNS. The van der Waals surface area contributed by atoms with Gasteiger partial charge in [-0.15, -0.1) is 11.3 Å². The van der Waals surface area contributed by atoms with E-state index in [4.69, 9.17) is 0 Å². The van der Waals surface area contributed by atoms with Crippen LogP contribution in [-0.2, 0) is 12.8 Å². The Bertz CT molecular complexity index is 547. The highest BCUT2D eigenvalue weighted by Crippen LogP contribution is 2.29. The van der Waals surface area contributed by atoms with Gasteiger partial charge in [-0.2, -0.15) is 0 Å². The van der Waals surface area contributed by atoms with Gasteiger partial charge in [-0.1, -0.05) is 35.0 Å². The maximum atomic E-state index is 3.68. The predicted octanol–water partition coefficient (Wildman–Crippen LogP) is 4.88. The van der Waals surface area contributed by atoms with Crippen molar-refractivity contribution in [3.05, 3.63) is 55.7 Å². The molecule has 2 rings (SSSR count). The summed E-state index contributed by atoms with van der Waals surface area (Å²) < 4.78 is 1.19. The minimum Gasteiger partial charge on any atom is -0.313 e. The van der Waals surface area contributed by atoms with Gasteiger partial charge in [0.1, 0.15) is 0 Å². The molecule has 0 saturated carbocycles. The number of nitrogens with one attached hydrogen (secondary N) is 1. The van der Waals surface area contributed by atoms with Gasteiger partial charge in [0.05, 0.1) is 0 Å². The lowest BCUT2D eigenvalue weighted by Crippen LogP contribution is -2.18. The lowest BCUT2D eigenvalue weighted by molar-refractivity contribution is 0.594. The minimum absolute atomic E-state index is 0.360. The highest BCUT2D eigenvalue weighted by Gasteiger charge is 2.14. The fourth-order valence-electron chi connectivity index (χ4n) is 2.21. The number of benzene rings is 1. The quantitative estimate of drug-likeness (QED) is 0.819. The summed E-state index contributed by atoms with van der Waals surface area (Å²) in [5.74, 6) is 0. The van der Waals surface area contributed by atoms with Gasteiger partial charge in [0.15, 0.2) is 0 Å². The fraction of sp³-hybridized carbons (Fsp3) is 0.375. The SMILES string of the molecule is CCc1ccc(CC(NC)c2ccc(C)cc2Br)s1. The van der Waals surface area contributed by atoms with E-state index in [9.17, 15) is 0 Å². The van der Waals surface area contributed by atoms with E-state index in [1.807, 2.05) is 18.4 Å². The smallest absolute Gasteiger partial charge is 0.0377 e. The Kier molecular flexibility index (Phi) is 5.20. The topological polar surface area (TPSA) is 12.0 Å². The zero-order valence-corrected chi connectivity index (χ0v) is 14.1. The van der Waals surface area contributed by atoms with Crippen LogP contribution >= 0.6 is 27.3 Å². The van der Waals surface area contributed by atoms with Crippen molar-refractivity contribution < 1.29 is 0 Å². The van der Waals surface area contributed by atoms with Crippen LogP contribution in [0.5, 0.6) is 0 Å². The molecule has 1 unspecified atom stereocenters. The van der Waals surface area contributed by atoms with Gasteiger partial charge in [-0.05, 0) is 49.7 Å². The monoisotopic (exact) mass is 337 g/mol. The molecule has 3 heteroatoms. The van der Waals surface area contributed by atoms with Gasteiger partial charge >= 0.3 is 0 Å². The van der Waals surface area contributed by atoms with E-state index >= 15 is 0 Å². The van der Waals surface area contributed by atoms with E-state index in [0.29, 0.717) is 6.04 Å². The first kappa shape index (κ1) is 14.8. The maximum Gasteiger partial charge on any atom is 0.0377 e. The Balaban J connectivity index is 2.19. The number of rotatable bonds is 5. The van der Waals surface area contributed by atoms with E-state index in [1.54, 1.807) is 0 Å². The first-order valence-electron chi connectivity index (χ1n) is 6.65. The largest absolute Gasteiger partial charge is 0.313 e. The van der Waals surface area contributed by atoms with Crippen LogP contribution in [0.1, 0.15) is 33.8 Å². The average molecular weight is 338 g/mol. The number of likely N-dealkylation sites (N-methyl/N-ethyl adjacent to an activating group) is 1. The van der Waals surface area contributed by atoms with Crippen molar-refractivity contribution in [1.29, 1.82) is 0 Å². The summed E-state index contributed by atoms with van der Waals surface area (Å²) in [6, 6.07) is 11.4. The molecule has 19 heavy (non-hydrogen) atoms. The lowest BCUT2D eigenvalue weighted by atomic mass is 10.0. The molecule has 0 aliphatic carbocycles. The molecule has 0 amide bonds. The Labute approximate surface area is 128 Å². The number of aryl methyl sites for hydroxylation is 2. The molecule has 0 aliphatic rings. The first-order chi connectivity index (χ1) is 9.13. The van der Waals surface area contributed by atoms with Crippen LogP contribution in [0.25, 0.3) is 0 Å². The van der Waals surface area contributed by atoms with Gasteiger partial charge in [0.25, 0.3) is 0 Å². The second-order valence-electron chi connectivity index (χ2n) is 4.79. The van der Waals surface area contributed by atoms with Crippen molar-refractivity contribution >= 4 is 27.3 Å². The van der Waals surface area contributed by atoms with Crippen molar-refractivity contribution in [2.45, 2.75) is 32.7 Å². The Hall–Kier alpha value is -0.640. The van der Waals surface area contributed by atoms with Gasteiger partial charge in [0.2, 0.25) is 0 Å². The lowest BCUT2D eigenvalue weighted by Gasteiger charge is -2.18. The van der Waals surface area contributed by atoms with E-state index < -0.39 is 0 Å². The molecule has 102 valence electrons. The van der Waals surface area contributed by atoms with Crippen molar-refractivity contribution in [1.82, 2.24) is 5.32 Å². The van der Waals surface area contributed by atoms with E-state index in [-0.39, 0.29) is 0 Å². The molecule has 1 atom stereocenters. The summed E-state index contributed by atoms with van der Waals surface area (Å²) >= 11 is 5.61. The zero-order chi connectivity index (χ0) is 13.8. The van der Waals surface area contributed by atoms with Gasteiger partial charge in [0, 0.05) is 26.7 Å². The van der Waals surface area contributed by atoms with Crippen LogP contribution < -0.4 is 5.32 Å². The third kappa shape index (κ3) is 3.68. The number of hydrogen-bond donors (Lipinski definition) is 1. The molecule has 1 nitrogen and oxygen atoms in total. The summed E-state index contributed by atoms with van der Waals surface area (Å²) in [6.45, 7) is 4.33. The van der Waals surface area contributed by atoms with E-state index in [2.05, 4.69) is 65.4 Å². The Morgan fingerprint density at radius 3 is 2.53 bits per heavy atom. The summed E-state index contributed by atoms with van der Waals surface area (Å²) in [6.07, 6.45) is 2.17. The van der Waals surface area contributed by atoms with Gasteiger partial charge < -0.3 is 5.32 Å². The molecule has 1 heterocycles. The summed E-state index contributed by atoms with van der Waals surface area (Å²) in [5.41, 5.74) is 2.62. The molecular weight excluding hydrogens is 318 g/mol. The third-order valence-electron chi connectivity index (χ3n) is 3.35. The van der Waals surface area contributed by atoms with Crippen LogP contribution in [0.3, 0.4) is 0 Å². The van der Waals surface area contributed by atoms with Gasteiger partial charge in [-0.25, -0.2) is 0 Å². The molecule has 0 spiro atoms. The Morgan fingerprint density at radius 2 is 1.95 bits per heavy atom. The Morgan fingerprint density at radius 1 is 1.21 bits per heavy atom. The third-order valence-corrected chi connectivity index (χ3v) is 5.29. The molecule has 0 saturated heterocycles. The molecule has 0 aliphatic heterocycles. The number of halogens is 1. The van der Waals surface area contributed by atoms with Crippen molar-refractivity contribution in [2.75, 3.05) is 7.05 Å². The normalized spacial score (nSPS) is 12.6. The number of thiophene rings is 1. The van der Waals surface area contributed by atoms with Crippen LogP contribution in [0.15, 0.2) is 34.8 Å².